The van der Waals surface area contributed by atoms with Crippen LogP contribution in [0.1, 0.15) is 32.6 Å². The number of carbonyl (C=O) groups excluding carboxylic acids is 1. The first-order valence-corrected chi connectivity index (χ1v) is 12.5. The van der Waals surface area contributed by atoms with E-state index >= 15 is 0 Å². The van der Waals surface area contributed by atoms with Gasteiger partial charge in [-0.3, -0.25) is 4.79 Å². The van der Waals surface area contributed by atoms with Gasteiger partial charge in [-0.1, -0.05) is 12.8 Å². The van der Waals surface area contributed by atoms with E-state index in [1.807, 2.05) is 0 Å². The van der Waals surface area contributed by atoms with Gasteiger partial charge in [-0.05, 0) is 44.0 Å². The lowest BCUT2D eigenvalue weighted by Gasteiger charge is -2.27. The van der Waals surface area contributed by atoms with Gasteiger partial charge in [0.25, 0.3) is 0 Å². The lowest BCUT2D eigenvalue weighted by molar-refractivity contribution is -0.150. The fourth-order valence-corrected chi connectivity index (χ4v) is 6.46. The Labute approximate surface area is 171 Å². The molecule has 1 aromatic carbocycles. The fourth-order valence-electron chi connectivity index (χ4n) is 3.64. The van der Waals surface area contributed by atoms with Crippen molar-refractivity contribution in [1.82, 2.24) is 9.03 Å². The molecule has 9 nitrogen and oxygen atoms in total. The summed E-state index contributed by atoms with van der Waals surface area (Å²) < 4.78 is 65.2. The third-order valence-electron chi connectivity index (χ3n) is 5.19. The second-order valence-electron chi connectivity index (χ2n) is 7.10. The van der Waals surface area contributed by atoms with E-state index in [0.29, 0.717) is 26.1 Å². The third-order valence-corrected chi connectivity index (χ3v) is 8.66. The van der Waals surface area contributed by atoms with Gasteiger partial charge in [0, 0.05) is 13.1 Å². The highest BCUT2D eigenvalue weighted by atomic mass is 32.2. The van der Waals surface area contributed by atoms with Crippen LogP contribution in [0.5, 0.6) is 0 Å². The van der Waals surface area contributed by atoms with E-state index in [-0.39, 0.29) is 29.5 Å². The zero-order chi connectivity index (χ0) is 21.1. The summed E-state index contributed by atoms with van der Waals surface area (Å²) in [6.07, 6.45) is 2.18. The topological polar surface area (TPSA) is 119 Å². The van der Waals surface area contributed by atoms with E-state index in [9.17, 15) is 21.6 Å². The number of hydrogen-bond donors (Lipinski definition) is 1. The van der Waals surface area contributed by atoms with E-state index in [1.54, 1.807) is 6.92 Å². The number of benzene rings is 1. The van der Waals surface area contributed by atoms with Gasteiger partial charge in [-0.15, -0.1) is 0 Å². The molecule has 1 heterocycles. The first-order valence-electron chi connectivity index (χ1n) is 9.60. The third kappa shape index (κ3) is 4.64. The monoisotopic (exact) mass is 446 g/mol. The Morgan fingerprint density at radius 3 is 2.17 bits per heavy atom. The van der Waals surface area contributed by atoms with Crippen LogP contribution < -0.4 is 4.72 Å². The minimum absolute atomic E-state index is 0.0133. The summed E-state index contributed by atoms with van der Waals surface area (Å²) in [4.78, 5) is 12.3. The molecule has 162 valence electrons. The molecule has 2 fully saturated rings. The molecule has 1 saturated heterocycles. The van der Waals surface area contributed by atoms with Crippen LogP contribution in [-0.2, 0) is 34.3 Å². The predicted octanol–water partition coefficient (Wildman–Crippen LogP) is 0.862. The smallest absolute Gasteiger partial charge is 0.327 e. The molecule has 1 aliphatic heterocycles. The van der Waals surface area contributed by atoms with Gasteiger partial charge in [0.05, 0.1) is 29.6 Å². The molecular formula is C18H26N2O7S2. The van der Waals surface area contributed by atoms with Crippen LogP contribution in [0.4, 0.5) is 0 Å². The van der Waals surface area contributed by atoms with Crippen LogP contribution >= 0.6 is 0 Å². The number of carbonyl (C=O) groups is 1. The molecule has 1 N–H and O–H groups in total. The van der Waals surface area contributed by atoms with Crippen LogP contribution in [0.2, 0.25) is 0 Å². The lowest BCUT2D eigenvalue weighted by Crippen LogP contribution is -2.53. The van der Waals surface area contributed by atoms with Crippen molar-refractivity contribution in [2.75, 3.05) is 32.9 Å². The molecule has 0 unspecified atom stereocenters. The molecule has 0 atom stereocenters. The van der Waals surface area contributed by atoms with Gasteiger partial charge >= 0.3 is 5.97 Å². The Kier molecular flexibility index (Phi) is 6.64. The molecule has 1 saturated carbocycles. The van der Waals surface area contributed by atoms with Crippen molar-refractivity contribution < 1.29 is 31.1 Å². The Morgan fingerprint density at radius 2 is 1.62 bits per heavy atom. The molecule has 0 radical (unpaired) electrons. The summed E-state index contributed by atoms with van der Waals surface area (Å²) in [7, 11) is -7.75. The zero-order valence-electron chi connectivity index (χ0n) is 16.3. The number of rotatable bonds is 7. The van der Waals surface area contributed by atoms with Crippen LogP contribution in [0.3, 0.4) is 0 Å². The Morgan fingerprint density at radius 1 is 1.07 bits per heavy atom. The summed E-state index contributed by atoms with van der Waals surface area (Å²) >= 11 is 0. The standard InChI is InChI=1S/C18H26N2O7S2/c1-2-27-17(21)18(9-3-4-10-18)19-28(22,23)15-5-7-16(8-6-15)29(24,25)20-11-13-26-14-12-20/h5-8,19H,2-4,9-14H2,1H3. The molecule has 0 aromatic heterocycles. The van der Waals surface area contributed by atoms with Crippen molar-refractivity contribution in [3.8, 4) is 0 Å². The van der Waals surface area contributed by atoms with Gasteiger partial charge in [-0.2, -0.15) is 9.03 Å². The Bertz CT molecular complexity index is 931. The van der Waals surface area contributed by atoms with Crippen LogP contribution in [0.15, 0.2) is 34.1 Å². The summed E-state index contributed by atoms with van der Waals surface area (Å²) in [5.41, 5.74) is -1.27. The quantitative estimate of drug-likeness (QED) is 0.617. The highest BCUT2D eigenvalue weighted by Gasteiger charge is 2.45. The van der Waals surface area contributed by atoms with Gasteiger partial charge in [-0.25, -0.2) is 16.8 Å². The van der Waals surface area contributed by atoms with Gasteiger partial charge in [0.2, 0.25) is 20.0 Å². The number of nitrogens with one attached hydrogen (secondary N) is 1. The molecule has 0 bridgehead atoms. The number of ether oxygens (including phenoxy) is 2. The largest absolute Gasteiger partial charge is 0.465 e. The molecular weight excluding hydrogens is 420 g/mol. The molecule has 0 spiro atoms. The zero-order valence-corrected chi connectivity index (χ0v) is 17.9. The molecule has 11 heteroatoms. The van der Waals surface area contributed by atoms with E-state index in [1.165, 1.54) is 28.6 Å². The van der Waals surface area contributed by atoms with Crippen molar-refractivity contribution in [1.29, 1.82) is 0 Å². The van der Waals surface area contributed by atoms with E-state index in [4.69, 9.17) is 9.47 Å². The Hall–Kier alpha value is -1.53. The number of morpholine rings is 1. The second-order valence-corrected chi connectivity index (χ2v) is 10.7. The van der Waals surface area contributed by atoms with E-state index in [2.05, 4.69) is 4.72 Å². The number of hydrogen-bond acceptors (Lipinski definition) is 7. The van der Waals surface area contributed by atoms with Crippen molar-refractivity contribution >= 4 is 26.0 Å². The SMILES string of the molecule is CCOC(=O)C1(NS(=O)(=O)c2ccc(S(=O)(=O)N3CCOCC3)cc2)CCCC1. The second kappa shape index (κ2) is 8.68. The molecule has 3 rings (SSSR count). The van der Waals surface area contributed by atoms with Crippen molar-refractivity contribution in [3.63, 3.8) is 0 Å². The normalized spacial score (nSPS) is 20.4. The van der Waals surface area contributed by atoms with Crippen molar-refractivity contribution in [2.45, 2.75) is 47.9 Å². The van der Waals surface area contributed by atoms with Crippen molar-refractivity contribution in [3.05, 3.63) is 24.3 Å². The summed E-state index contributed by atoms with van der Waals surface area (Å²) in [5, 5.41) is 0. The molecule has 29 heavy (non-hydrogen) atoms. The first kappa shape index (κ1) is 22.2. The number of esters is 1. The highest BCUT2D eigenvalue weighted by Crippen LogP contribution is 2.33. The van der Waals surface area contributed by atoms with Crippen LogP contribution in [-0.4, -0.2) is 65.6 Å². The van der Waals surface area contributed by atoms with Crippen LogP contribution in [0.25, 0.3) is 0 Å². The maximum atomic E-state index is 12.9. The minimum Gasteiger partial charge on any atom is -0.465 e. The molecule has 1 aliphatic carbocycles. The van der Waals surface area contributed by atoms with Gasteiger partial charge < -0.3 is 9.47 Å². The molecule has 1 aromatic rings. The Balaban J connectivity index is 1.82. The summed E-state index contributed by atoms with van der Waals surface area (Å²) in [6.45, 7) is 2.99. The summed E-state index contributed by atoms with van der Waals surface area (Å²) in [5.74, 6) is -0.576. The van der Waals surface area contributed by atoms with E-state index < -0.39 is 31.6 Å². The van der Waals surface area contributed by atoms with Gasteiger partial charge in [0.15, 0.2) is 0 Å². The number of nitrogens with zero attached hydrogens (tertiary/aromatic N) is 1. The van der Waals surface area contributed by atoms with Crippen molar-refractivity contribution in [2.24, 2.45) is 0 Å². The maximum absolute atomic E-state index is 12.9. The molecule has 0 amide bonds. The average molecular weight is 447 g/mol. The number of sulfonamides is 2. The van der Waals surface area contributed by atoms with E-state index in [0.717, 1.165) is 12.8 Å². The predicted molar refractivity (Wildman–Crippen MR) is 104 cm³/mol. The van der Waals surface area contributed by atoms with Crippen LogP contribution in [0, 0.1) is 0 Å². The maximum Gasteiger partial charge on any atom is 0.327 e. The summed E-state index contributed by atoms with van der Waals surface area (Å²) in [6, 6.07) is 5.02. The average Bonchev–Trinajstić information content (AvgIpc) is 3.18. The minimum atomic E-state index is -4.03. The lowest BCUT2D eigenvalue weighted by atomic mass is 10.00. The van der Waals surface area contributed by atoms with Gasteiger partial charge in [0.1, 0.15) is 5.54 Å². The fraction of sp³-hybridized carbons (Fsp3) is 0.611. The highest BCUT2D eigenvalue weighted by molar-refractivity contribution is 7.90. The first-order chi connectivity index (χ1) is 13.7. The molecule has 2 aliphatic rings.